The maximum Gasteiger partial charge on any atom is 0.307 e. The highest BCUT2D eigenvalue weighted by Gasteiger charge is 2.40. The third kappa shape index (κ3) is 2.62. The van der Waals surface area contributed by atoms with E-state index in [1.165, 1.54) is 25.4 Å². The van der Waals surface area contributed by atoms with Crippen molar-refractivity contribution in [3.8, 4) is 0 Å². The van der Waals surface area contributed by atoms with E-state index in [0.29, 0.717) is 0 Å². The van der Waals surface area contributed by atoms with Gasteiger partial charge in [-0.1, -0.05) is 0 Å². The Bertz CT molecular complexity index is 661. The summed E-state index contributed by atoms with van der Waals surface area (Å²) in [5.41, 5.74) is 0.125. The second kappa shape index (κ2) is 5.16. The summed E-state index contributed by atoms with van der Waals surface area (Å²) in [6.45, 7) is -0.349. The maximum atomic E-state index is 13.0. The van der Waals surface area contributed by atoms with Gasteiger partial charge in [0.05, 0.1) is 5.56 Å². The molecular formula is C11H12FN3O4S. The van der Waals surface area contributed by atoms with E-state index in [1.807, 2.05) is 0 Å². The van der Waals surface area contributed by atoms with Gasteiger partial charge < -0.3 is 5.32 Å². The van der Waals surface area contributed by atoms with Gasteiger partial charge in [-0.05, 0) is 12.1 Å². The monoisotopic (exact) mass is 301 g/mol. The van der Waals surface area contributed by atoms with Gasteiger partial charge >= 0.3 is 10.2 Å². The molecule has 2 amide bonds. The van der Waals surface area contributed by atoms with Crippen LogP contribution < -0.4 is 10.2 Å². The molecule has 0 spiro atoms. The molecule has 2 heterocycles. The van der Waals surface area contributed by atoms with Gasteiger partial charge in [-0.3, -0.25) is 14.5 Å². The Balaban J connectivity index is 2.38. The molecule has 1 aromatic rings. The number of anilines is 1. The second-order valence-electron chi connectivity index (χ2n) is 4.26. The molecule has 1 N–H and O–H groups in total. The van der Waals surface area contributed by atoms with Crippen LogP contribution in [0, 0.1) is 0 Å². The molecule has 108 valence electrons. The van der Waals surface area contributed by atoms with Crippen molar-refractivity contribution in [3.63, 3.8) is 0 Å². The smallest absolute Gasteiger partial charge is 0.307 e. The molecular weight excluding hydrogens is 289 g/mol. The van der Waals surface area contributed by atoms with Crippen molar-refractivity contribution in [2.45, 2.75) is 11.7 Å². The molecule has 20 heavy (non-hydrogen) atoms. The van der Waals surface area contributed by atoms with Gasteiger partial charge in [0.25, 0.3) is 5.91 Å². The van der Waals surface area contributed by atoms with Gasteiger partial charge in [0.15, 0.2) is 0 Å². The number of hydrogen-bond donors (Lipinski definition) is 1. The van der Waals surface area contributed by atoms with Crippen LogP contribution in [0.4, 0.5) is 9.70 Å². The van der Waals surface area contributed by atoms with Crippen molar-refractivity contribution in [1.82, 2.24) is 10.3 Å². The van der Waals surface area contributed by atoms with Crippen LogP contribution in [0.2, 0.25) is 0 Å². The number of carbonyl (C=O) groups is 2. The molecule has 1 fully saturated rings. The molecule has 0 saturated carbocycles. The van der Waals surface area contributed by atoms with Crippen LogP contribution in [0.5, 0.6) is 0 Å². The van der Waals surface area contributed by atoms with Gasteiger partial charge in [-0.15, -0.1) is 3.89 Å². The summed E-state index contributed by atoms with van der Waals surface area (Å²) < 4.78 is 34.7. The second-order valence-corrected chi connectivity index (χ2v) is 5.88. The molecule has 0 aromatic carbocycles. The van der Waals surface area contributed by atoms with Crippen molar-refractivity contribution >= 4 is 27.9 Å². The van der Waals surface area contributed by atoms with Crippen LogP contribution in [0.1, 0.15) is 16.8 Å². The van der Waals surface area contributed by atoms with Gasteiger partial charge in [-0.25, -0.2) is 4.98 Å². The quantitative estimate of drug-likeness (QED) is 0.783. The Hall–Kier alpha value is -2.03. The molecule has 1 unspecified atom stereocenters. The zero-order valence-electron chi connectivity index (χ0n) is 10.5. The van der Waals surface area contributed by atoms with E-state index < -0.39 is 33.7 Å². The fourth-order valence-corrected chi connectivity index (χ4v) is 2.66. The number of hydrogen-bond acceptors (Lipinski definition) is 5. The summed E-state index contributed by atoms with van der Waals surface area (Å²) in [7, 11) is -3.39. The largest absolute Gasteiger partial charge is 0.355 e. The fourth-order valence-electron chi connectivity index (χ4n) is 1.99. The van der Waals surface area contributed by atoms with E-state index in [2.05, 4.69) is 10.3 Å². The van der Waals surface area contributed by atoms with Crippen molar-refractivity contribution in [2.75, 3.05) is 18.5 Å². The molecule has 9 heteroatoms. The van der Waals surface area contributed by atoms with E-state index in [9.17, 15) is 21.9 Å². The Kier molecular flexibility index (Phi) is 3.71. The normalized spacial score (nSPS) is 19.2. The van der Waals surface area contributed by atoms with Crippen LogP contribution in [0.15, 0.2) is 18.3 Å². The van der Waals surface area contributed by atoms with Crippen LogP contribution in [-0.2, 0) is 15.0 Å². The van der Waals surface area contributed by atoms with Crippen LogP contribution in [0.25, 0.3) is 0 Å². The molecule has 7 nitrogen and oxygen atoms in total. The fraction of sp³-hybridized carbons (Fsp3) is 0.364. The van der Waals surface area contributed by atoms with E-state index >= 15 is 0 Å². The number of pyridine rings is 1. The van der Waals surface area contributed by atoms with Crippen molar-refractivity contribution in [2.24, 2.45) is 0 Å². The lowest BCUT2D eigenvalue weighted by Gasteiger charge is -2.17. The lowest BCUT2D eigenvalue weighted by molar-refractivity contribution is -0.117. The molecule has 2 rings (SSSR count). The lowest BCUT2D eigenvalue weighted by atomic mass is 10.2. The third-order valence-electron chi connectivity index (χ3n) is 3.00. The zero-order valence-corrected chi connectivity index (χ0v) is 11.4. The molecule has 0 radical (unpaired) electrons. The van der Waals surface area contributed by atoms with Gasteiger partial charge in [-0.2, -0.15) is 8.42 Å². The molecule has 1 saturated heterocycles. The molecule has 1 aromatic heterocycles. The van der Waals surface area contributed by atoms with E-state index in [-0.39, 0.29) is 17.9 Å². The summed E-state index contributed by atoms with van der Waals surface area (Å²) in [5, 5.41) is 0.970. The first-order valence-corrected chi connectivity index (χ1v) is 7.20. The first-order chi connectivity index (χ1) is 9.34. The minimum Gasteiger partial charge on any atom is -0.355 e. The maximum absolute atomic E-state index is 13.0. The average Bonchev–Trinajstić information content (AvgIpc) is 2.80. The summed E-state index contributed by atoms with van der Waals surface area (Å²) in [4.78, 5) is 28.5. The van der Waals surface area contributed by atoms with Crippen molar-refractivity contribution < 1.29 is 21.9 Å². The first-order valence-electron chi connectivity index (χ1n) is 5.75. The number of aromatic nitrogens is 1. The highest BCUT2D eigenvalue weighted by Crippen LogP contribution is 2.26. The van der Waals surface area contributed by atoms with E-state index in [1.54, 1.807) is 0 Å². The van der Waals surface area contributed by atoms with Crippen molar-refractivity contribution in [1.29, 1.82) is 0 Å². The summed E-state index contributed by atoms with van der Waals surface area (Å²) in [5.74, 6) is -1.02. The summed E-state index contributed by atoms with van der Waals surface area (Å²) in [6.07, 6.45) is 0.912. The highest BCUT2D eigenvalue weighted by atomic mass is 32.3. The number of nitrogens with zero attached hydrogens (tertiary/aromatic N) is 2. The van der Waals surface area contributed by atoms with Crippen LogP contribution in [-0.4, -0.2) is 44.1 Å². The highest BCUT2D eigenvalue weighted by molar-refractivity contribution is 7.87. The number of rotatable bonds is 3. The number of halogens is 1. The Labute approximate surface area is 115 Å². The SMILES string of the molecule is CNC(=O)c1cccnc1N1CC(S(=O)(=O)F)CC1=O. The van der Waals surface area contributed by atoms with Crippen LogP contribution in [0.3, 0.4) is 0 Å². The Morgan fingerprint density at radius 1 is 1.55 bits per heavy atom. The standard InChI is InChI=1S/C11H12FN3O4S/c1-13-11(17)8-3-2-4-14-10(8)15-6-7(5-9(15)16)20(12,18)19/h2-4,7H,5-6H2,1H3,(H,13,17). The number of amides is 2. The first kappa shape index (κ1) is 14.4. The predicted molar refractivity (Wildman–Crippen MR) is 68.4 cm³/mol. The van der Waals surface area contributed by atoms with Crippen molar-refractivity contribution in [3.05, 3.63) is 23.9 Å². The molecule has 1 aliphatic heterocycles. The van der Waals surface area contributed by atoms with E-state index in [0.717, 1.165) is 4.90 Å². The molecule has 1 atom stereocenters. The minimum absolute atomic E-state index is 0.0306. The minimum atomic E-state index is -4.81. The zero-order chi connectivity index (χ0) is 14.9. The Morgan fingerprint density at radius 3 is 2.80 bits per heavy atom. The molecule has 0 aliphatic carbocycles. The predicted octanol–water partition coefficient (Wildman–Crippen LogP) is -0.154. The summed E-state index contributed by atoms with van der Waals surface area (Å²) in [6, 6.07) is 2.96. The summed E-state index contributed by atoms with van der Waals surface area (Å²) >= 11 is 0. The topological polar surface area (TPSA) is 96.4 Å². The Morgan fingerprint density at radius 2 is 2.25 bits per heavy atom. The van der Waals surface area contributed by atoms with E-state index in [4.69, 9.17) is 0 Å². The third-order valence-corrected chi connectivity index (χ3v) is 4.11. The van der Waals surface area contributed by atoms with Gasteiger partial charge in [0, 0.05) is 26.2 Å². The molecule has 1 aliphatic rings. The number of nitrogens with one attached hydrogen (secondary N) is 1. The molecule has 0 bridgehead atoms. The number of carbonyl (C=O) groups excluding carboxylic acids is 2. The average molecular weight is 301 g/mol. The van der Waals surface area contributed by atoms with Gasteiger partial charge in [0.2, 0.25) is 5.91 Å². The lowest BCUT2D eigenvalue weighted by Crippen LogP contribution is -2.31. The van der Waals surface area contributed by atoms with Gasteiger partial charge in [0.1, 0.15) is 11.1 Å². The van der Waals surface area contributed by atoms with Crippen LogP contribution >= 0.6 is 0 Å².